The number of hydrogen-bond donors (Lipinski definition) is 0. The molecule has 0 bridgehead atoms. The highest BCUT2D eigenvalue weighted by Gasteiger charge is 2.37. The Morgan fingerprint density at radius 1 is 0.526 bits per heavy atom. The van der Waals surface area contributed by atoms with Gasteiger partial charge >= 0.3 is 30.0 Å². The number of quaternary nitrogens is 1. The topological polar surface area (TPSA) is 176 Å². The van der Waals surface area contributed by atoms with Crippen molar-refractivity contribution in [2.24, 2.45) is 5.92 Å². The van der Waals surface area contributed by atoms with Gasteiger partial charge < -0.3 is 33.2 Å². The molecule has 76 heavy (non-hydrogen) atoms. The Bertz CT molecular complexity index is 1660. The molecule has 438 valence electrons. The van der Waals surface area contributed by atoms with Crippen LogP contribution >= 0.6 is 11.7 Å². The van der Waals surface area contributed by atoms with Gasteiger partial charge in [-0.2, -0.15) is 4.37 Å². The number of carbonyl (C=O) groups is 5. The molecule has 1 aliphatic heterocycles. The minimum atomic E-state index is -1.00. The molecule has 15 nitrogen and oxygen atoms in total. The SMILES string of the molecule is CCCCCCCCCCCCCCCC(=O)OCC(COC(=O)CCCCCCCCCCCCCCC)OC(=O)CCOC(=O)CC(C)COC(=O)O[C@@H](C)[N+]1(C)CCC=C(c2nsnc2OCCCCCC)C1. The third kappa shape index (κ3) is 34.9. The molecule has 0 fully saturated rings. The summed E-state index contributed by atoms with van der Waals surface area (Å²) in [5, 5.41) is 0. The maximum atomic E-state index is 12.9. The molecule has 0 N–H and O–H groups in total. The van der Waals surface area contributed by atoms with Crippen LogP contribution in [0, 0.1) is 5.92 Å². The normalized spacial score (nSPS) is 15.2. The number of likely N-dealkylation sites (N-methyl/N-ethyl adjacent to an activating group) is 1. The summed E-state index contributed by atoms with van der Waals surface area (Å²) in [6.45, 7) is 11.4. The zero-order valence-corrected chi connectivity index (χ0v) is 49.5. The molecule has 0 saturated carbocycles. The second-order valence-electron chi connectivity index (χ2n) is 21.7. The second kappa shape index (κ2) is 45.1. The molecule has 0 radical (unpaired) electrons. The van der Waals surface area contributed by atoms with E-state index in [1.807, 2.05) is 14.0 Å². The number of carbonyl (C=O) groups excluding carboxylic acids is 5. The zero-order chi connectivity index (χ0) is 55.3. The van der Waals surface area contributed by atoms with Crippen molar-refractivity contribution in [3.05, 3.63) is 11.8 Å². The van der Waals surface area contributed by atoms with Crippen LogP contribution in [0.5, 0.6) is 5.88 Å². The van der Waals surface area contributed by atoms with E-state index in [0.717, 1.165) is 107 Å². The molecule has 1 aliphatic rings. The Morgan fingerprint density at radius 3 is 1.50 bits per heavy atom. The first-order valence-electron chi connectivity index (χ1n) is 30.4. The van der Waals surface area contributed by atoms with Crippen LogP contribution in [-0.4, -0.2) is 109 Å². The van der Waals surface area contributed by atoms with Crippen LogP contribution in [0.4, 0.5) is 4.79 Å². The van der Waals surface area contributed by atoms with Gasteiger partial charge in [-0.25, -0.2) is 4.79 Å². The predicted octanol–water partition coefficient (Wildman–Crippen LogP) is 15.2. The van der Waals surface area contributed by atoms with Gasteiger partial charge in [-0.15, -0.1) is 4.37 Å². The van der Waals surface area contributed by atoms with Gasteiger partial charge in [-0.1, -0.05) is 207 Å². The largest absolute Gasteiger partial charge is 0.512 e. The van der Waals surface area contributed by atoms with E-state index >= 15 is 0 Å². The zero-order valence-electron chi connectivity index (χ0n) is 48.7. The summed E-state index contributed by atoms with van der Waals surface area (Å²) in [6.07, 6.45) is 36.5. The summed E-state index contributed by atoms with van der Waals surface area (Å²) >= 11 is 1.12. The predicted molar refractivity (Wildman–Crippen MR) is 302 cm³/mol. The number of aromatic nitrogens is 2. The summed E-state index contributed by atoms with van der Waals surface area (Å²) in [5.74, 6) is -1.88. The van der Waals surface area contributed by atoms with Crippen LogP contribution in [0.25, 0.3) is 5.57 Å². The molecule has 1 aromatic heterocycles. The first-order chi connectivity index (χ1) is 36.9. The molecule has 3 atom stereocenters. The van der Waals surface area contributed by atoms with E-state index in [4.69, 9.17) is 33.2 Å². The van der Waals surface area contributed by atoms with Crippen LogP contribution in [0.1, 0.15) is 265 Å². The number of rotatable bonds is 49. The van der Waals surface area contributed by atoms with Gasteiger partial charge in [0.2, 0.25) is 6.23 Å². The second-order valence-corrected chi connectivity index (χ2v) is 22.3. The maximum Gasteiger partial charge on any atom is 0.512 e. The van der Waals surface area contributed by atoms with Crippen molar-refractivity contribution in [1.82, 2.24) is 8.75 Å². The van der Waals surface area contributed by atoms with Crippen LogP contribution in [-0.2, 0) is 47.6 Å². The van der Waals surface area contributed by atoms with Gasteiger partial charge in [-0.3, -0.25) is 23.7 Å². The Morgan fingerprint density at radius 2 is 1.00 bits per heavy atom. The molecule has 0 aromatic carbocycles. The Kier molecular flexibility index (Phi) is 40.6. The molecular weight excluding hydrogens is 987 g/mol. The highest BCUT2D eigenvalue weighted by Crippen LogP contribution is 2.32. The van der Waals surface area contributed by atoms with Crippen molar-refractivity contribution in [1.29, 1.82) is 0 Å². The third-order valence-corrected chi connectivity index (χ3v) is 14.9. The Labute approximate surface area is 464 Å². The van der Waals surface area contributed by atoms with E-state index in [1.54, 1.807) is 6.92 Å². The standard InChI is InChI=1S/C60H106N3O12S/c1-7-10-13-16-18-20-22-24-26-28-30-32-34-39-54(64)71-48-53(49-72-55(65)40-35-33-31-29-27-25-23-21-19-17-14-11-8-2)75-56(66)41-44-69-57(67)45-50(4)47-73-60(68)74-51(5)63(6)42-37-38-52(46-63)58-59(62-76-61-58)70-43-36-15-12-9-3/h38,50-51,53H,7-37,39-49H2,1-6H3/q+1/t50?,51-,63?/m0/s1. The maximum absolute atomic E-state index is 12.9. The summed E-state index contributed by atoms with van der Waals surface area (Å²) in [7, 11) is 2.03. The quantitative estimate of drug-likeness (QED) is 0.0261. The van der Waals surface area contributed by atoms with Crippen molar-refractivity contribution in [2.75, 3.05) is 53.2 Å². The minimum Gasteiger partial charge on any atom is -0.475 e. The van der Waals surface area contributed by atoms with Gasteiger partial charge in [0.1, 0.15) is 32.1 Å². The lowest BCUT2D eigenvalue weighted by molar-refractivity contribution is -0.944. The van der Waals surface area contributed by atoms with E-state index in [1.165, 1.54) is 122 Å². The van der Waals surface area contributed by atoms with Gasteiger partial charge in [0.25, 0.3) is 5.88 Å². The first-order valence-corrected chi connectivity index (χ1v) is 31.1. The third-order valence-electron chi connectivity index (χ3n) is 14.4. The van der Waals surface area contributed by atoms with E-state index in [9.17, 15) is 24.0 Å². The van der Waals surface area contributed by atoms with Gasteiger partial charge in [0.15, 0.2) is 6.10 Å². The number of esters is 4. The highest BCUT2D eigenvalue weighted by atomic mass is 32.1. The summed E-state index contributed by atoms with van der Waals surface area (Å²) in [4.78, 5) is 63.9. The van der Waals surface area contributed by atoms with E-state index in [-0.39, 0.29) is 70.0 Å². The van der Waals surface area contributed by atoms with Crippen molar-refractivity contribution in [3.8, 4) is 5.88 Å². The fourth-order valence-corrected chi connectivity index (χ4v) is 9.86. The Balaban J connectivity index is 1.73. The molecule has 2 heterocycles. The van der Waals surface area contributed by atoms with Crippen molar-refractivity contribution in [2.45, 2.75) is 272 Å². The molecule has 0 aliphatic carbocycles. The summed E-state index contributed by atoms with van der Waals surface area (Å²) in [5.41, 5.74) is 1.74. The van der Waals surface area contributed by atoms with E-state index in [0.29, 0.717) is 23.5 Å². The fraction of sp³-hybridized carbons (Fsp3) is 0.850. The number of hydrogen-bond acceptors (Lipinski definition) is 15. The lowest BCUT2D eigenvalue weighted by Crippen LogP contribution is -2.55. The van der Waals surface area contributed by atoms with E-state index in [2.05, 4.69) is 35.6 Å². The molecular formula is C60H106N3O12S+. The molecule has 0 saturated heterocycles. The average molecular weight is 1090 g/mol. The molecule has 0 spiro atoms. The van der Waals surface area contributed by atoms with Crippen LogP contribution in [0.3, 0.4) is 0 Å². The average Bonchev–Trinajstić information content (AvgIpc) is 3.88. The lowest BCUT2D eigenvalue weighted by Gasteiger charge is -2.41. The summed E-state index contributed by atoms with van der Waals surface area (Å²) < 4.78 is 48.4. The van der Waals surface area contributed by atoms with Gasteiger partial charge in [-0.05, 0) is 19.3 Å². The van der Waals surface area contributed by atoms with Crippen LogP contribution in [0.15, 0.2) is 6.08 Å². The number of nitrogens with zero attached hydrogens (tertiary/aromatic N) is 3. The molecule has 2 rings (SSSR count). The van der Waals surface area contributed by atoms with Crippen molar-refractivity contribution < 1.29 is 61.6 Å². The first kappa shape index (κ1) is 68.3. The monoisotopic (exact) mass is 1090 g/mol. The smallest absolute Gasteiger partial charge is 0.475 e. The highest BCUT2D eigenvalue weighted by molar-refractivity contribution is 6.99. The Hall–Kier alpha value is -3.79. The van der Waals surface area contributed by atoms with Crippen molar-refractivity contribution in [3.63, 3.8) is 0 Å². The molecule has 1 aromatic rings. The molecule has 16 heteroatoms. The molecule has 2 unspecified atom stereocenters. The van der Waals surface area contributed by atoms with Crippen LogP contribution in [0.2, 0.25) is 0 Å². The number of ether oxygens (including phenoxy) is 7. The van der Waals surface area contributed by atoms with Gasteiger partial charge in [0.05, 0.1) is 51.4 Å². The molecule has 0 amide bonds. The van der Waals surface area contributed by atoms with Crippen LogP contribution < -0.4 is 4.74 Å². The minimum absolute atomic E-state index is 0.0580. The van der Waals surface area contributed by atoms with E-state index < -0.39 is 30.4 Å². The fourth-order valence-electron chi connectivity index (χ4n) is 9.33. The number of unbranched alkanes of at least 4 members (excludes halogenated alkanes) is 27. The lowest BCUT2D eigenvalue weighted by atomic mass is 10.0. The van der Waals surface area contributed by atoms with Crippen molar-refractivity contribution >= 4 is 47.3 Å². The van der Waals surface area contributed by atoms with Gasteiger partial charge in [0, 0.05) is 37.7 Å². The summed E-state index contributed by atoms with van der Waals surface area (Å²) in [6, 6.07) is 0.